The number of amides is 1. The third-order valence-electron chi connectivity index (χ3n) is 4.14. The van der Waals surface area contributed by atoms with Crippen molar-refractivity contribution in [3.63, 3.8) is 0 Å². The van der Waals surface area contributed by atoms with Crippen molar-refractivity contribution in [2.45, 2.75) is 25.7 Å². The highest BCUT2D eigenvalue weighted by molar-refractivity contribution is 7.89. The van der Waals surface area contributed by atoms with E-state index in [1.54, 1.807) is 19.1 Å². The SMILES string of the molecule is Cc1ccc(NC(=O)COc2cccc(C)c2C)cc1S(=O)(=O)N(C)C. The summed E-state index contributed by atoms with van der Waals surface area (Å²) < 4.78 is 31.4. The molecule has 0 atom stereocenters. The van der Waals surface area contributed by atoms with Gasteiger partial charge in [0.25, 0.3) is 5.91 Å². The maximum absolute atomic E-state index is 12.4. The minimum absolute atomic E-state index is 0.159. The molecule has 7 heteroatoms. The molecule has 2 aromatic rings. The molecule has 0 saturated carbocycles. The summed E-state index contributed by atoms with van der Waals surface area (Å²) in [6.07, 6.45) is 0. The number of nitrogens with zero attached hydrogens (tertiary/aromatic N) is 1. The fraction of sp³-hybridized carbons (Fsp3) is 0.316. The maximum Gasteiger partial charge on any atom is 0.262 e. The van der Waals surface area contributed by atoms with Crippen LogP contribution in [0.4, 0.5) is 5.69 Å². The number of rotatable bonds is 6. The number of anilines is 1. The lowest BCUT2D eigenvalue weighted by Crippen LogP contribution is -2.24. The number of carbonyl (C=O) groups excluding carboxylic acids is 1. The van der Waals surface area contributed by atoms with Crippen molar-refractivity contribution in [1.82, 2.24) is 4.31 Å². The molecule has 0 aliphatic rings. The predicted octanol–water partition coefficient (Wildman–Crippen LogP) is 2.88. The lowest BCUT2D eigenvalue weighted by molar-refractivity contribution is -0.118. The summed E-state index contributed by atoms with van der Waals surface area (Å²) in [6.45, 7) is 5.46. The van der Waals surface area contributed by atoms with E-state index in [1.807, 2.05) is 32.0 Å². The molecule has 2 aromatic carbocycles. The quantitative estimate of drug-likeness (QED) is 0.841. The highest BCUT2D eigenvalue weighted by Gasteiger charge is 2.20. The molecule has 0 aliphatic carbocycles. The van der Waals surface area contributed by atoms with Crippen LogP contribution in [0.2, 0.25) is 0 Å². The molecule has 0 radical (unpaired) electrons. The molecular weight excluding hydrogens is 352 g/mol. The van der Waals surface area contributed by atoms with Gasteiger partial charge in [-0.05, 0) is 55.7 Å². The summed E-state index contributed by atoms with van der Waals surface area (Å²) in [5, 5.41) is 2.68. The first-order valence-electron chi connectivity index (χ1n) is 8.15. The van der Waals surface area contributed by atoms with Crippen LogP contribution in [0, 0.1) is 20.8 Å². The number of aryl methyl sites for hydroxylation is 2. The molecule has 26 heavy (non-hydrogen) atoms. The molecule has 0 spiro atoms. The molecule has 1 amide bonds. The van der Waals surface area contributed by atoms with Crippen molar-refractivity contribution in [1.29, 1.82) is 0 Å². The van der Waals surface area contributed by atoms with Crippen LogP contribution in [0.3, 0.4) is 0 Å². The van der Waals surface area contributed by atoms with Gasteiger partial charge in [0.2, 0.25) is 10.0 Å². The molecule has 0 unspecified atom stereocenters. The highest BCUT2D eigenvalue weighted by Crippen LogP contribution is 2.23. The van der Waals surface area contributed by atoms with Gasteiger partial charge in [0, 0.05) is 19.8 Å². The number of sulfonamides is 1. The minimum atomic E-state index is -3.58. The van der Waals surface area contributed by atoms with Crippen LogP contribution >= 0.6 is 0 Å². The third-order valence-corrected chi connectivity index (χ3v) is 6.10. The second-order valence-electron chi connectivity index (χ2n) is 6.30. The molecule has 0 heterocycles. The number of nitrogens with one attached hydrogen (secondary N) is 1. The number of ether oxygens (including phenoxy) is 1. The molecule has 2 rings (SSSR count). The zero-order valence-corrected chi connectivity index (χ0v) is 16.5. The Morgan fingerprint density at radius 1 is 1.08 bits per heavy atom. The second-order valence-corrected chi connectivity index (χ2v) is 8.42. The van der Waals surface area contributed by atoms with E-state index in [1.165, 1.54) is 20.2 Å². The van der Waals surface area contributed by atoms with Crippen LogP contribution < -0.4 is 10.1 Å². The van der Waals surface area contributed by atoms with Crippen molar-refractivity contribution in [3.8, 4) is 5.75 Å². The van der Waals surface area contributed by atoms with Gasteiger partial charge in [-0.3, -0.25) is 4.79 Å². The van der Waals surface area contributed by atoms with Gasteiger partial charge >= 0.3 is 0 Å². The molecular formula is C19H24N2O4S. The summed E-state index contributed by atoms with van der Waals surface area (Å²) in [5.41, 5.74) is 3.09. The fourth-order valence-corrected chi connectivity index (χ4v) is 3.52. The van der Waals surface area contributed by atoms with Gasteiger partial charge in [0.15, 0.2) is 6.61 Å². The fourth-order valence-electron chi connectivity index (χ4n) is 2.37. The number of hydrogen-bond donors (Lipinski definition) is 1. The van der Waals surface area contributed by atoms with E-state index >= 15 is 0 Å². The van der Waals surface area contributed by atoms with Gasteiger partial charge in [-0.25, -0.2) is 12.7 Å². The van der Waals surface area contributed by atoms with Gasteiger partial charge < -0.3 is 10.1 Å². The Morgan fingerprint density at radius 3 is 2.42 bits per heavy atom. The minimum Gasteiger partial charge on any atom is -0.483 e. The van der Waals surface area contributed by atoms with Crippen molar-refractivity contribution in [3.05, 3.63) is 53.1 Å². The Bertz CT molecular complexity index is 921. The maximum atomic E-state index is 12.4. The van der Waals surface area contributed by atoms with Crippen LogP contribution in [0.1, 0.15) is 16.7 Å². The first-order valence-corrected chi connectivity index (χ1v) is 9.59. The zero-order chi connectivity index (χ0) is 19.5. The largest absolute Gasteiger partial charge is 0.483 e. The molecule has 0 bridgehead atoms. The van der Waals surface area contributed by atoms with E-state index in [9.17, 15) is 13.2 Å². The highest BCUT2D eigenvalue weighted by atomic mass is 32.2. The van der Waals surface area contributed by atoms with E-state index in [2.05, 4.69) is 5.32 Å². The van der Waals surface area contributed by atoms with Crippen LogP contribution in [0.25, 0.3) is 0 Å². The summed E-state index contributed by atoms with van der Waals surface area (Å²) in [7, 11) is -0.640. The Balaban J connectivity index is 2.11. The molecule has 1 N–H and O–H groups in total. The van der Waals surface area contributed by atoms with E-state index in [4.69, 9.17) is 4.74 Å². The lowest BCUT2D eigenvalue weighted by Gasteiger charge is -2.15. The van der Waals surface area contributed by atoms with Crippen molar-refractivity contribution in [2.75, 3.05) is 26.0 Å². The average molecular weight is 376 g/mol. The zero-order valence-electron chi connectivity index (χ0n) is 15.7. The van der Waals surface area contributed by atoms with E-state index < -0.39 is 10.0 Å². The normalized spacial score (nSPS) is 11.5. The van der Waals surface area contributed by atoms with Gasteiger partial charge in [0.1, 0.15) is 5.75 Å². The van der Waals surface area contributed by atoms with Crippen molar-refractivity contribution < 1.29 is 17.9 Å². The summed E-state index contributed by atoms with van der Waals surface area (Å²) in [4.78, 5) is 12.3. The van der Waals surface area contributed by atoms with Gasteiger partial charge in [0.05, 0.1) is 4.90 Å². The lowest BCUT2D eigenvalue weighted by atomic mass is 10.1. The number of benzene rings is 2. The summed E-state index contributed by atoms with van der Waals surface area (Å²) in [6, 6.07) is 10.4. The van der Waals surface area contributed by atoms with Gasteiger partial charge in [-0.15, -0.1) is 0 Å². The van der Waals surface area contributed by atoms with Crippen LogP contribution in [0.5, 0.6) is 5.75 Å². The smallest absolute Gasteiger partial charge is 0.262 e. The predicted molar refractivity (Wildman–Crippen MR) is 102 cm³/mol. The van der Waals surface area contributed by atoms with Crippen LogP contribution in [-0.4, -0.2) is 39.3 Å². The monoisotopic (exact) mass is 376 g/mol. The molecule has 0 fully saturated rings. The van der Waals surface area contributed by atoms with E-state index in [0.717, 1.165) is 15.4 Å². The topological polar surface area (TPSA) is 75.7 Å². The Hall–Kier alpha value is -2.38. The van der Waals surface area contributed by atoms with E-state index in [-0.39, 0.29) is 17.4 Å². The van der Waals surface area contributed by atoms with Crippen LogP contribution in [0.15, 0.2) is 41.3 Å². The Labute approximate surface area is 154 Å². The Morgan fingerprint density at radius 2 is 1.77 bits per heavy atom. The molecule has 140 valence electrons. The van der Waals surface area contributed by atoms with Gasteiger partial charge in [-0.1, -0.05) is 18.2 Å². The summed E-state index contributed by atoms with van der Waals surface area (Å²) in [5.74, 6) is 0.294. The first-order chi connectivity index (χ1) is 12.1. The van der Waals surface area contributed by atoms with E-state index in [0.29, 0.717) is 17.0 Å². The molecule has 6 nitrogen and oxygen atoms in total. The first kappa shape index (κ1) is 19.9. The third kappa shape index (κ3) is 4.42. The standard InChI is InChI=1S/C19H24N2O4S/c1-13-7-6-8-17(15(13)3)25-12-19(22)20-16-10-9-14(2)18(11-16)26(23,24)21(4)5/h6-11H,12H2,1-5H3,(H,20,22). The molecule has 0 saturated heterocycles. The van der Waals surface area contributed by atoms with Crippen LogP contribution in [-0.2, 0) is 14.8 Å². The number of hydrogen-bond acceptors (Lipinski definition) is 4. The van der Waals surface area contributed by atoms with Crippen molar-refractivity contribution >= 4 is 21.6 Å². The average Bonchev–Trinajstić information content (AvgIpc) is 2.57. The summed E-state index contributed by atoms with van der Waals surface area (Å²) >= 11 is 0. The Kier molecular flexibility index (Phi) is 6.05. The van der Waals surface area contributed by atoms with Gasteiger partial charge in [-0.2, -0.15) is 0 Å². The number of carbonyl (C=O) groups is 1. The van der Waals surface area contributed by atoms with Crippen molar-refractivity contribution in [2.24, 2.45) is 0 Å². The molecule has 0 aromatic heterocycles. The molecule has 0 aliphatic heterocycles. The second kappa shape index (κ2) is 7.88.